The Bertz CT molecular complexity index is 794. The first-order valence-electron chi connectivity index (χ1n) is 7.14. The van der Waals surface area contributed by atoms with E-state index >= 15 is 0 Å². The molecule has 23 heavy (non-hydrogen) atoms. The van der Waals surface area contributed by atoms with E-state index in [1.54, 1.807) is 0 Å². The smallest absolute Gasteiger partial charge is 0.207 e. The predicted molar refractivity (Wildman–Crippen MR) is 95.6 cm³/mol. The van der Waals surface area contributed by atoms with Gasteiger partial charge in [-0.25, -0.2) is 13.1 Å². The minimum absolute atomic E-state index is 0.0676. The van der Waals surface area contributed by atoms with Crippen LogP contribution in [-0.4, -0.2) is 8.42 Å². The van der Waals surface area contributed by atoms with Crippen LogP contribution < -0.4 is 4.72 Å². The highest BCUT2D eigenvalue weighted by atomic mass is 35.5. The van der Waals surface area contributed by atoms with Gasteiger partial charge in [0.25, 0.3) is 0 Å². The van der Waals surface area contributed by atoms with Crippen LogP contribution in [0.4, 0.5) is 0 Å². The van der Waals surface area contributed by atoms with Gasteiger partial charge < -0.3 is 0 Å². The van der Waals surface area contributed by atoms with Gasteiger partial charge in [-0.05, 0) is 34.7 Å². The number of rotatable bonds is 4. The normalized spacial score (nSPS) is 12.4. The van der Waals surface area contributed by atoms with Gasteiger partial charge in [-0.15, -0.1) is 0 Å². The number of nitrogens with one attached hydrogen (secondary N) is 1. The first kappa shape index (κ1) is 18.3. The Balaban J connectivity index is 2.11. The number of benzene rings is 2. The standard InChI is InChI=1S/C17H19Cl2NO2S/c1-17(2,3)13-6-4-12(5-7-13)11-20-23(21,22)14-8-9-15(18)16(19)10-14/h4-10,20H,11H2,1-3H3. The zero-order valence-electron chi connectivity index (χ0n) is 13.2. The van der Waals surface area contributed by atoms with Gasteiger partial charge in [-0.2, -0.15) is 0 Å². The van der Waals surface area contributed by atoms with E-state index in [0.29, 0.717) is 5.02 Å². The molecule has 0 unspecified atom stereocenters. The molecule has 0 aliphatic rings. The van der Waals surface area contributed by atoms with Crippen molar-refractivity contribution in [1.82, 2.24) is 4.72 Å². The number of halogens is 2. The van der Waals surface area contributed by atoms with Crippen molar-refractivity contribution in [1.29, 1.82) is 0 Å². The molecule has 0 saturated heterocycles. The lowest BCUT2D eigenvalue weighted by atomic mass is 9.87. The third-order valence-corrected chi connectivity index (χ3v) is 5.63. The monoisotopic (exact) mass is 371 g/mol. The van der Waals surface area contributed by atoms with Gasteiger partial charge in [0, 0.05) is 6.54 Å². The Morgan fingerprint density at radius 2 is 1.57 bits per heavy atom. The Morgan fingerprint density at radius 3 is 2.09 bits per heavy atom. The van der Waals surface area contributed by atoms with Gasteiger partial charge in [-0.3, -0.25) is 0 Å². The minimum atomic E-state index is -3.63. The minimum Gasteiger partial charge on any atom is -0.207 e. The van der Waals surface area contributed by atoms with Crippen LogP contribution in [0.15, 0.2) is 47.4 Å². The molecular weight excluding hydrogens is 353 g/mol. The Morgan fingerprint density at radius 1 is 0.957 bits per heavy atom. The second-order valence-corrected chi connectivity index (χ2v) is 8.93. The first-order chi connectivity index (χ1) is 10.6. The molecule has 0 fully saturated rings. The van der Waals surface area contributed by atoms with Crippen LogP contribution in [0, 0.1) is 0 Å². The molecule has 2 aromatic carbocycles. The maximum absolute atomic E-state index is 12.3. The zero-order valence-corrected chi connectivity index (χ0v) is 15.6. The highest BCUT2D eigenvalue weighted by molar-refractivity contribution is 7.89. The lowest BCUT2D eigenvalue weighted by molar-refractivity contribution is 0.580. The quantitative estimate of drug-likeness (QED) is 0.840. The fourth-order valence-electron chi connectivity index (χ4n) is 2.03. The highest BCUT2D eigenvalue weighted by Crippen LogP contribution is 2.25. The van der Waals surface area contributed by atoms with Crippen molar-refractivity contribution in [3.8, 4) is 0 Å². The summed E-state index contributed by atoms with van der Waals surface area (Å²) in [6.45, 7) is 6.62. The number of hydrogen-bond donors (Lipinski definition) is 1. The molecule has 0 saturated carbocycles. The van der Waals surface area contributed by atoms with Crippen molar-refractivity contribution >= 4 is 33.2 Å². The zero-order chi connectivity index (χ0) is 17.3. The van der Waals surface area contributed by atoms with Gasteiger partial charge in [0.1, 0.15) is 0 Å². The van der Waals surface area contributed by atoms with Gasteiger partial charge in [0.2, 0.25) is 10.0 Å². The topological polar surface area (TPSA) is 46.2 Å². The Kier molecular flexibility index (Phi) is 5.41. The van der Waals surface area contributed by atoms with E-state index in [2.05, 4.69) is 25.5 Å². The summed E-state index contributed by atoms with van der Waals surface area (Å²) < 4.78 is 27.1. The van der Waals surface area contributed by atoms with E-state index in [1.807, 2.05) is 24.3 Å². The van der Waals surface area contributed by atoms with Crippen molar-refractivity contribution in [3.05, 3.63) is 63.6 Å². The first-order valence-corrected chi connectivity index (χ1v) is 9.38. The molecule has 3 nitrogen and oxygen atoms in total. The van der Waals surface area contributed by atoms with Crippen LogP contribution in [0.1, 0.15) is 31.9 Å². The molecular formula is C17H19Cl2NO2S. The molecule has 0 amide bonds. The molecule has 0 heterocycles. The van der Waals surface area contributed by atoms with E-state index < -0.39 is 10.0 Å². The summed E-state index contributed by atoms with van der Waals surface area (Å²) in [5, 5.41) is 0.535. The molecule has 124 valence electrons. The Labute approximate surface area is 147 Å². The second kappa shape index (κ2) is 6.81. The molecule has 1 N–H and O–H groups in total. The van der Waals surface area contributed by atoms with Gasteiger partial charge in [0.05, 0.1) is 14.9 Å². The van der Waals surface area contributed by atoms with E-state index in [4.69, 9.17) is 23.2 Å². The van der Waals surface area contributed by atoms with Crippen molar-refractivity contribution in [3.63, 3.8) is 0 Å². The van der Waals surface area contributed by atoms with Crippen LogP contribution in [0.25, 0.3) is 0 Å². The maximum atomic E-state index is 12.3. The van der Waals surface area contributed by atoms with Crippen molar-refractivity contribution in [2.75, 3.05) is 0 Å². The van der Waals surface area contributed by atoms with Crippen LogP contribution in [0.2, 0.25) is 10.0 Å². The summed E-state index contributed by atoms with van der Waals surface area (Å²) >= 11 is 11.7. The summed E-state index contributed by atoms with van der Waals surface area (Å²) in [5.74, 6) is 0. The van der Waals surface area contributed by atoms with Gasteiger partial charge >= 0.3 is 0 Å². The van der Waals surface area contributed by atoms with Crippen LogP contribution in [0.3, 0.4) is 0 Å². The predicted octanol–water partition coefficient (Wildman–Crippen LogP) is 4.77. The molecule has 0 aliphatic heterocycles. The van der Waals surface area contributed by atoms with Crippen molar-refractivity contribution in [2.45, 2.75) is 37.6 Å². The molecule has 2 rings (SSSR count). The molecule has 0 aliphatic carbocycles. The molecule has 0 aromatic heterocycles. The van der Waals surface area contributed by atoms with Gasteiger partial charge in [0.15, 0.2) is 0 Å². The average Bonchev–Trinajstić information content (AvgIpc) is 2.47. The molecule has 0 atom stereocenters. The molecule has 0 radical (unpaired) electrons. The second-order valence-electron chi connectivity index (χ2n) is 6.35. The Hall–Kier alpha value is -1.07. The third kappa shape index (κ3) is 4.70. The van der Waals surface area contributed by atoms with Crippen LogP contribution in [0.5, 0.6) is 0 Å². The fraction of sp³-hybridized carbons (Fsp3) is 0.294. The number of sulfonamides is 1. The molecule has 0 spiro atoms. The van der Waals surface area contributed by atoms with Crippen molar-refractivity contribution < 1.29 is 8.42 Å². The lowest BCUT2D eigenvalue weighted by Crippen LogP contribution is -2.23. The van der Waals surface area contributed by atoms with E-state index in [-0.39, 0.29) is 21.9 Å². The molecule has 6 heteroatoms. The highest BCUT2D eigenvalue weighted by Gasteiger charge is 2.16. The molecule has 0 bridgehead atoms. The summed E-state index contributed by atoms with van der Waals surface area (Å²) in [6, 6.07) is 12.1. The third-order valence-electron chi connectivity index (χ3n) is 3.49. The van der Waals surface area contributed by atoms with Crippen molar-refractivity contribution in [2.24, 2.45) is 0 Å². The largest absolute Gasteiger partial charge is 0.240 e. The molecule has 2 aromatic rings. The van der Waals surface area contributed by atoms with E-state index in [9.17, 15) is 8.42 Å². The average molecular weight is 372 g/mol. The summed E-state index contributed by atoms with van der Waals surface area (Å²) in [6.07, 6.45) is 0. The maximum Gasteiger partial charge on any atom is 0.240 e. The van der Waals surface area contributed by atoms with E-state index in [1.165, 1.54) is 23.8 Å². The SMILES string of the molecule is CC(C)(C)c1ccc(CNS(=O)(=O)c2ccc(Cl)c(Cl)c2)cc1. The van der Waals surface area contributed by atoms with E-state index in [0.717, 1.165) is 5.56 Å². The summed E-state index contributed by atoms with van der Waals surface area (Å²) in [5.41, 5.74) is 2.16. The lowest BCUT2D eigenvalue weighted by Gasteiger charge is -2.19. The summed E-state index contributed by atoms with van der Waals surface area (Å²) in [7, 11) is -3.63. The fourth-order valence-corrected chi connectivity index (χ4v) is 3.43. The van der Waals surface area contributed by atoms with Gasteiger partial charge in [-0.1, -0.05) is 68.2 Å². The number of hydrogen-bond acceptors (Lipinski definition) is 2. The van der Waals surface area contributed by atoms with Crippen LogP contribution >= 0.6 is 23.2 Å². The van der Waals surface area contributed by atoms with Crippen LogP contribution in [-0.2, 0) is 22.0 Å². The summed E-state index contributed by atoms with van der Waals surface area (Å²) in [4.78, 5) is 0.0956.